The molecular formula is C22H25ClN4O3S2. The monoisotopic (exact) mass is 492 g/mol. The number of hydrogen-bond donors (Lipinski definition) is 2. The molecule has 0 spiro atoms. The Kier molecular flexibility index (Phi) is 6.83. The SMILES string of the molecule is CC(NC(=O)CN1CCC(c2nc3cc(Cl)ccc3s2)CC1)c1ccc(S(N)(=O)=O)cc1. The van der Waals surface area contributed by atoms with Crippen LogP contribution in [0, 0.1) is 0 Å². The lowest BCUT2D eigenvalue weighted by Crippen LogP contribution is -2.41. The first-order chi connectivity index (χ1) is 15.2. The summed E-state index contributed by atoms with van der Waals surface area (Å²) in [5.74, 6) is 0.350. The fourth-order valence-electron chi connectivity index (χ4n) is 3.95. The van der Waals surface area contributed by atoms with E-state index in [4.69, 9.17) is 21.7 Å². The van der Waals surface area contributed by atoms with Crippen LogP contribution in [0.1, 0.15) is 42.3 Å². The molecule has 1 aliphatic rings. The molecule has 1 aliphatic heterocycles. The van der Waals surface area contributed by atoms with Crippen LogP contribution in [-0.4, -0.2) is 43.8 Å². The number of likely N-dealkylation sites (tertiary alicyclic amines) is 1. The van der Waals surface area contributed by atoms with E-state index >= 15 is 0 Å². The standard InChI is InChI=1S/C22H25ClN4O3S2/c1-14(15-2-5-18(6-3-15)32(24,29)30)25-21(28)13-27-10-8-16(9-11-27)22-26-19-12-17(23)4-7-20(19)31-22/h2-7,12,14,16H,8-11,13H2,1H3,(H,25,28)(H2,24,29,30). The lowest BCUT2D eigenvalue weighted by atomic mass is 9.97. The molecule has 4 rings (SSSR count). The highest BCUT2D eigenvalue weighted by atomic mass is 35.5. The maximum absolute atomic E-state index is 12.5. The molecule has 170 valence electrons. The van der Waals surface area contributed by atoms with Crippen LogP contribution in [0.5, 0.6) is 0 Å². The van der Waals surface area contributed by atoms with Gasteiger partial charge in [0.15, 0.2) is 0 Å². The third-order valence-corrected chi connectivity index (χ3v) is 8.12. The Morgan fingerprint density at radius 3 is 2.59 bits per heavy atom. The van der Waals surface area contributed by atoms with Gasteiger partial charge in [-0.25, -0.2) is 18.5 Å². The van der Waals surface area contributed by atoms with E-state index in [2.05, 4.69) is 10.2 Å². The fraction of sp³-hybridized carbons (Fsp3) is 0.364. The van der Waals surface area contributed by atoms with E-state index in [9.17, 15) is 13.2 Å². The zero-order valence-corrected chi connectivity index (χ0v) is 20.0. The number of nitrogens with two attached hydrogens (primary N) is 1. The van der Waals surface area contributed by atoms with Crippen molar-refractivity contribution < 1.29 is 13.2 Å². The summed E-state index contributed by atoms with van der Waals surface area (Å²) in [5, 5.41) is 9.95. The van der Waals surface area contributed by atoms with E-state index in [1.165, 1.54) is 12.1 Å². The van der Waals surface area contributed by atoms with Gasteiger partial charge >= 0.3 is 0 Å². The molecule has 1 amide bonds. The van der Waals surface area contributed by atoms with Gasteiger partial charge in [-0.1, -0.05) is 23.7 Å². The molecule has 0 bridgehead atoms. The Labute approximate surface area is 196 Å². The van der Waals surface area contributed by atoms with Crippen molar-refractivity contribution >= 4 is 49.1 Å². The number of primary sulfonamides is 1. The van der Waals surface area contributed by atoms with Crippen LogP contribution in [0.25, 0.3) is 10.2 Å². The van der Waals surface area contributed by atoms with Gasteiger partial charge in [0.05, 0.1) is 32.7 Å². The predicted molar refractivity (Wildman–Crippen MR) is 127 cm³/mol. The Morgan fingerprint density at radius 2 is 1.94 bits per heavy atom. The minimum atomic E-state index is -3.73. The molecule has 1 unspecified atom stereocenters. The van der Waals surface area contributed by atoms with Gasteiger partial charge in [0, 0.05) is 10.9 Å². The molecule has 1 saturated heterocycles. The summed E-state index contributed by atoms with van der Waals surface area (Å²) in [4.78, 5) is 19.5. The molecule has 0 radical (unpaired) electrons. The summed E-state index contributed by atoms with van der Waals surface area (Å²) in [5.41, 5.74) is 1.77. The molecule has 3 aromatic rings. The highest BCUT2D eigenvalue weighted by Gasteiger charge is 2.25. The summed E-state index contributed by atoms with van der Waals surface area (Å²) in [6, 6.07) is 11.8. The molecule has 2 aromatic carbocycles. The lowest BCUT2D eigenvalue weighted by molar-refractivity contribution is -0.123. The van der Waals surface area contributed by atoms with E-state index in [1.807, 2.05) is 25.1 Å². The number of hydrogen-bond acceptors (Lipinski definition) is 6. The molecule has 1 atom stereocenters. The van der Waals surface area contributed by atoms with Crippen LogP contribution in [0.15, 0.2) is 47.4 Å². The number of carbonyl (C=O) groups excluding carboxylic acids is 1. The zero-order chi connectivity index (χ0) is 22.9. The fourth-order valence-corrected chi connectivity index (χ4v) is 5.75. The molecule has 32 heavy (non-hydrogen) atoms. The molecule has 10 heteroatoms. The Morgan fingerprint density at radius 1 is 1.25 bits per heavy atom. The first-order valence-electron chi connectivity index (χ1n) is 10.4. The smallest absolute Gasteiger partial charge is 0.238 e. The van der Waals surface area contributed by atoms with E-state index in [-0.39, 0.29) is 16.8 Å². The zero-order valence-electron chi connectivity index (χ0n) is 17.6. The van der Waals surface area contributed by atoms with Gasteiger partial charge in [-0.3, -0.25) is 9.69 Å². The summed E-state index contributed by atoms with van der Waals surface area (Å²) in [6.07, 6.45) is 1.93. The second kappa shape index (κ2) is 9.44. The summed E-state index contributed by atoms with van der Waals surface area (Å²) in [7, 11) is -3.73. The average Bonchev–Trinajstić information content (AvgIpc) is 3.17. The minimum absolute atomic E-state index is 0.0545. The second-order valence-electron chi connectivity index (χ2n) is 8.12. The van der Waals surface area contributed by atoms with Gasteiger partial charge in [-0.15, -0.1) is 11.3 Å². The van der Waals surface area contributed by atoms with Crippen LogP contribution in [0.2, 0.25) is 5.02 Å². The van der Waals surface area contributed by atoms with Gasteiger partial charge in [-0.2, -0.15) is 0 Å². The highest BCUT2D eigenvalue weighted by Crippen LogP contribution is 2.34. The van der Waals surface area contributed by atoms with Crippen molar-refractivity contribution in [2.75, 3.05) is 19.6 Å². The molecular weight excluding hydrogens is 468 g/mol. The average molecular weight is 493 g/mol. The number of sulfonamides is 1. The number of piperidine rings is 1. The predicted octanol–water partition coefficient (Wildman–Crippen LogP) is 3.65. The maximum Gasteiger partial charge on any atom is 0.238 e. The van der Waals surface area contributed by atoms with Crippen LogP contribution in [-0.2, 0) is 14.8 Å². The van der Waals surface area contributed by atoms with Gasteiger partial charge in [-0.05, 0) is 68.8 Å². The number of halogens is 1. The van der Waals surface area contributed by atoms with Gasteiger partial charge < -0.3 is 5.32 Å². The van der Waals surface area contributed by atoms with Crippen LogP contribution in [0.3, 0.4) is 0 Å². The topological polar surface area (TPSA) is 105 Å². The molecule has 2 heterocycles. The summed E-state index contributed by atoms with van der Waals surface area (Å²) >= 11 is 7.80. The maximum atomic E-state index is 12.5. The molecule has 0 saturated carbocycles. The van der Waals surface area contributed by atoms with Crippen molar-refractivity contribution in [3.8, 4) is 0 Å². The number of nitrogens with one attached hydrogen (secondary N) is 1. The van der Waals surface area contributed by atoms with Crippen molar-refractivity contribution in [2.45, 2.75) is 36.6 Å². The van der Waals surface area contributed by atoms with Crippen LogP contribution in [0.4, 0.5) is 0 Å². The first kappa shape index (κ1) is 23.1. The van der Waals surface area contributed by atoms with Crippen LogP contribution < -0.4 is 10.5 Å². The van der Waals surface area contributed by atoms with Crippen molar-refractivity contribution in [1.82, 2.24) is 15.2 Å². The largest absolute Gasteiger partial charge is 0.348 e. The minimum Gasteiger partial charge on any atom is -0.348 e. The van der Waals surface area contributed by atoms with Gasteiger partial charge in [0.1, 0.15) is 0 Å². The number of aromatic nitrogens is 1. The number of carbonyl (C=O) groups is 1. The molecule has 7 nitrogen and oxygen atoms in total. The van der Waals surface area contributed by atoms with E-state index in [0.29, 0.717) is 17.5 Å². The van der Waals surface area contributed by atoms with Crippen molar-refractivity contribution in [1.29, 1.82) is 0 Å². The second-order valence-corrected chi connectivity index (χ2v) is 11.2. The van der Waals surface area contributed by atoms with E-state index in [0.717, 1.165) is 46.7 Å². The number of fused-ring (bicyclic) bond motifs is 1. The number of benzene rings is 2. The van der Waals surface area contributed by atoms with Crippen molar-refractivity contribution in [3.05, 3.63) is 58.1 Å². The summed E-state index contributed by atoms with van der Waals surface area (Å²) in [6.45, 7) is 3.88. The lowest BCUT2D eigenvalue weighted by Gasteiger charge is -2.30. The quantitative estimate of drug-likeness (QED) is 0.546. The molecule has 0 aliphatic carbocycles. The molecule has 1 fully saturated rings. The van der Waals surface area contributed by atoms with Gasteiger partial charge in [0.2, 0.25) is 15.9 Å². The summed E-state index contributed by atoms with van der Waals surface area (Å²) < 4.78 is 23.9. The van der Waals surface area contributed by atoms with Crippen molar-refractivity contribution in [2.24, 2.45) is 5.14 Å². The number of rotatable bonds is 6. The Bertz CT molecular complexity index is 1220. The normalized spacial score (nSPS) is 16.8. The number of thiazole rings is 1. The third kappa shape index (κ3) is 5.47. The molecule has 3 N–H and O–H groups in total. The Balaban J connectivity index is 1.28. The van der Waals surface area contributed by atoms with Crippen LogP contribution >= 0.6 is 22.9 Å². The van der Waals surface area contributed by atoms with E-state index in [1.54, 1.807) is 23.5 Å². The first-order valence-corrected chi connectivity index (χ1v) is 13.1. The molecule has 1 aromatic heterocycles. The number of amides is 1. The third-order valence-electron chi connectivity index (χ3n) is 5.76. The number of nitrogens with zero attached hydrogens (tertiary/aromatic N) is 2. The van der Waals surface area contributed by atoms with Gasteiger partial charge in [0.25, 0.3) is 0 Å². The van der Waals surface area contributed by atoms with E-state index < -0.39 is 10.0 Å². The Hall–Kier alpha value is -2.04. The highest BCUT2D eigenvalue weighted by molar-refractivity contribution is 7.89. The van der Waals surface area contributed by atoms with Crippen molar-refractivity contribution in [3.63, 3.8) is 0 Å².